The number of aliphatic hydroxyl groups is 1. The third-order valence-electron chi connectivity index (χ3n) is 15.0. The van der Waals surface area contributed by atoms with Gasteiger partial charge in [-0.15, -0.1) is 0 Å². The summed E-state index contributed by atoms with van der Waals surface area (Å²) in [5.41, 5.74) is -0.344. The van der Waals surface area contributed by atoms with E-state index in [4.69, 9.17) is 52.4 Å². The number of carbonyl (C=O) groups is 9. The minimum Gasteiger partial charge on any atom is -0.467 e. The van der Waals surface area contributed by atoms with Crippen LogP contribution in [0.4, 0.5) is 10.1 Å². The van der Waals surface area contributed by atoms with Gasteiger partial charge in [-0.2, -0.15) is 0 Å². The van der Waals surface area contributed by atoms with Crippen LogP contribution >= 0.6 is 0 Å². The molecule has 0 bridgehead atoms. The number of nitrogens with zero attached hydrogens (tertiary/aromatic N) is 4. The fourth-order valence-corrected chi connectivity index (χ4v) is 10.1. The fourth-order valence-electron chi connectivity index (χ4n) is 10.1. The molecule has 2 atom stereocenters. The standard InChI is InChI=1S/C60H80FN9O21/c1-4-60(81)41-31-45-54-39(35-69(45)58(79)40(41)36-90-59(60)80)38(2)53-44(67-54)32-42(61)56-55(53)70(37-91-56)52(77)34-65-49(74)33-64-46(71)7-5-13-63-57(78)43(66-48(73)8-6-15-68-50(75)11-12-51(68)76)9-10-47(72)62-14-16-83-19-20-85-23-24-87-27-28-89-30-29-88-26-25-86-22-21-84-18-17-82-3/h11-12,31-32,43,81H,4-10,13-30,33-37H2,1-3H3,(H,62,72)(H,63,78)(H,64,71)(H,65,74)(H,66,73)/t43-,60+/m1/s1. The number of ether oxygens (including phenoxy) is 10. The van der Waals surface area contributed by atoms with Crippen molar-refractivity contribution in [1.82, 2.24) is 41.0 Å². The number of halogens is 1. The number of aromatic nitrogens is 2. The summed E-state index contributed by atoms with van der Waals surface area (Å²) in [7, 11) is 1.62. The maximum absolute atomic E-state index is 15.7. The van der Waals surface area contributed by atoms with Crippen LogP contribution in [-0.2, 0) is 105 Å². The summed E-state index contributed by atoms with van der Waals surface area (Å²) < 4.78 is 71.0. The molecule has 0 radical (unpaired) electrons. The highest BCUT2D eigenvalue weighted by molar-refractivity contribution is 6.13. The number of anilines is 1. The molecular formula is C60H80FN9O21. The van der Waals surface area contributed by atoms with E-state index in [1.807, 2.05) is 0 Å². The number of aryl methyl sites for hydroxylation is 1. The molecule has 0 saturated heterocycles. The molecule has 0 unspecified atom stereocenters. The molecule has 31 heteroatoms. The summed E-state index contributed by atoms with van der Waals surface area (Å²) >= 11 is 0. The molecule has 1 aromatic carbocycles. The molecule has 91 heavy (non-hydrogen) atoms. The van der Waals surface area contributed by atoms with Crippen molar-refractivity contribution < 1.29 is 100 Å². The Bertz CT molecular complexity index is 3180. The second-order valence-electron chi connectivity index (χ2n) is 21.2. The van der Waals surface area contributed by atoms with Crippen molar-refractivity contribution in [2.45, 2.75) is 83.6 Å². The molecule has 7 rings (SSSR count). The van der Waals surface area contributed by atoms with E-state index < -0.39 is 96.1 Å². The van der Waals surface area contributed by atoms with Crippen molar-refractivity contribution in [3.8, 4) is 17.1 Å². The first kappa shape index (κ1) is 70.6. The van der Waals surface area contributed by atoms with E-state index in [1.54, 1.807) is 21.0 Å². The number of imide groups is 1. The Labute approximate surface area is 523 Å². The van der Waals surface area contributed by atoms with Crippen molar-refractivity contribution in [1.29, 1.82) is 0 Å². The largest absolute Gasteiger partial charge is 0.467 e. The minimum absolute atomic E-state index is 0.0207. The molecule has 2 aromatic heterocycles. The lowest BCUT2D eigenvalue weighted by atomic mass is 9.86. The number of hydrogen-bond donors (Lipinski definition) is 6. The van der Waals surface area contributed by atoms with Crippen LogP contribution < -0.4 is 41.8 Å². The Hall–Kier alpha value is -7.88. The van der Waals surface area contributed by atoms with E-state index in [0.29, 0.717) is 114 Å². The monoisotopic (exact) mass is 1280 g/mol. The molecule has 4 aliphatic rings. The highest BCUT2D eigenvalue weighted by Crippen LogP contribution is 2.47. The first-order valence-corrected chi connectivity index (χ1v) is 30.2. The maximum Gasteiger partial charge on any atom is 0.343 e. The van der Waals surface area contributed by atoms with Gasteiger partial charge in [0.05, 0.1) is 141 Å². The number of amides is 8. The summed E-state index contributed by atoms with van der Waals surface area (Å²) in [6.45, 7) is 7.71. The zero-order valence-corrected chi connectivity index (χ0v) is 51.4. The molecule has 30 nitrogen and oxygen atoms in total. The summed E-state index contributed by atoms with van der Waals surface area (Å²) in [6, 6.07) is 1.50. The van der Waals surface area contributed by atoms with Gasteiger partial charge in [0.1, 0.15) is 18.3 Å². The molecule has 4 aliphatic heterocycles. The summed E-state index contributed by atoms with van der Waals surface area (Å²) in [6.07, 6.45) is 1.86. The van der Waals surface area contributed by atoms with Gasteiger partial charge >= 0.3 is 5.97 Å². The number of fused-ring (bicyclic) bond motifs is 7. The maximum atomic E-state index is 15.7. The number of nitrogens with one attached hydrogen (secondary N) is 5. The Morgan fingerprint density at radius 3 is 1.89 bits per heavy atom. The fraction of sp³-hybridized carbons (Fsp3) is 0.583. The van der Waals surface area contributed by atoms with Gasteiger partial charge in [0.2, 0.25) is 35.4 Å². The highest BCUT2D eigenvalue weighted by Gasteiger charge is 2.46. The van der Waals surface area contributed by atoms with Crippen molar-refractivity contribution in [3.05, 3.63) is 62.7 Å². The van der Waals surface area contributed by atoms with Gasteiger partial charge in [0.25, 0.3) is 17.4 Å². The smallest absolute Gasteiger partial charge is 0.343 e. The molecule has 498 valence electrons. The van der Waals surface area contributed by atoms with E-state index in [9.17, 15) is 53.1 Å². The quantitative estimate of drug-likeness (QED) is 0.0179. The zero-order valence-electron chi connectivity index (χ0n) is 51.4. The zero-order chi connectivity index (χ0) is 65.3. The molecule has 8 amide bonds. The number of benzene rings is 1. The number of carbonyl (C=O) groups excluding carboxylic acids is 9. The summed E-state index contributed by atoms with van der Waals surface area (Å²) in [4.78, 5) is 136. The number of pyridine rings is 2. The molecule has 0 fully saturated rings. The summed E-state index contributed by atoms with van der Waals surface area (Å²) in [5, 5.41) is 24.5. The Morgan fingerprint density at radius 1 is 0.692 bits per heavy atom. The molecule has 6 heterocycles. The van der Waals surface area contributed by atoms with Crippen LogP contribution in [0.5, 0.6) is 5.75 Å². The third kappa shape index (κ3) is 19.6. The minimum atomic E-state index is -2.05. The van der Waals surface area contributed by atoms with Gasteiger partial charge in [-0.25, -0.2) is 14.2 Å². The van der Waals surface area contributed by atoms with Crippen LogP contribution in [-0.4, -0.2) is 224 Å². The van der Waals surface area contributed by atoms with Crippen LogP contribution in [0.25, 0.3) is 22.3 Å². The van der Waals surface area contributed by atoms with Gasteiger partial charge in [-0.05, 0) is 44.2 Å². The topological polar surface area (TPSA) is 368 Å². The van der Waals surface area contributed by atoms with Crippen LogP contribution in [0.1, 0.15) is 74.1 Å². The molecule has 3 aromatic rings. The molecule has 0 aliphatic carbocycles. The van der Waals surface area contributed by atoms with Gasteiger partial charge < -0.3 is 83.6 Å². The van der Waals surface area contributed by atoms with Crippen molar-refractivity contribution >= 4 is 69.8 Å². The Balaban J connectivity index is 0.775. The first-order chi connectivity index (χ1) is 44.0. The second kappa shape index (κ2) is 35.6. The van der Waals surface area contributed by atoms with Gasteiger partial charge in [-0.1, -0.05) is 6.92 Å². The van der Waals surface area contributed by atoms with Crippen LogP contribution in [0.15, 0.2) is 29.1 Å². The van der Waals surface area contributed by atoms with Crippen LogP contribution in [0, 0.1) is 12.7 Å². The van der Waals surface area contributed by atoms with Gasteiger partial charge in [0, 0.05) is 80.7 Å². The van der Waals surface area contributed by atoms with E-state index in [1.165, 1.54) is 10.6 Å². The van der Waals surface area contributed by atoms with Crippen molar-refractivity contribution in [3.63, 3.8) is 0 Å². The Kier molecular flexibility index (Phi) is 27.6. The van der Waals surface area contributed by atoms with Gasteiger partial charge in [0.15, 0.2) is 23.9 Å². The molecule has 0 spiro atoms. The number of hydrogen-bond acceptors (Lipinski definition) is 22. The average Bonchev–Trinajstić information content (AvgIpc) is 1.63. The normalized spacial score (nSPS) is 15.6. The second-order valence-corrected chi connectivity index (χ2v) is 21.2. The number of esters is 1. The molecule has 6 N–H and O–H groups in total. The number of rotatable bonds is 42. The molecular weight excluding hydrogens is 1200 g/mol. The van der Waals surface area contributed by atoms with E-state index in [-0.39, 0.29) is 119 Å². The molecule has 0 saturated carbocycles. The summed E-state index contributed by atoms with van der Waals surface area (Å²) in [5.74, 6) is -6.54. The van der Waals surface area contributed by atoms with Crippen LogP contribution in [0.2, 0.25) is 0 Å². The lowest BCUT2D eigenvalue weighted by molar-refractivity contribution is -0.172. The van der Waals surface area contributed by atoms with Crippen molar-refractivity contribution in [2.75, 3.05) is 151 Å². The lowest BCUT2D eigenvalue weighted by Crippen LogP contribution is -2.47. The predicted octanol–water partition coefficient (Wildman–Crippen LogP) is -0.812. The number of cyclic esters (lactones) is 1. The first-order valence-electron chi connectivity index (χ1n) is 30.2. The van der Waals surface area contributed by atoms with E-state index in [2.05, 4.69) is 26.6 Å². The predicted molar refractivity (Wildman–Crippen MR) is 317 cm³/mol. The van der Waals surface area contributed by atoms with E-state index >= 15 is 4.39 Å². The average molecular weight is 1280 g/mol. The van der Waals surface area contributed by atoms with E-state index in [0.717, 1.165) is 28.0 Å². The SMILES string of the molecule is CC[C@@]1(O)C(=O)OCc2c1cc1n(c2=O)Cc2c-1nc1cc(F)c3c(c1c2C)N(C(=O)CNC(=O)CNC(=O)CCCNC(=O)[C@@H](CCC(=O)NCCOCCOCCOCCOCCOCCOCCOCCOC)NC(=O)CCCN1C(=O)C=CC1=O)CO3. The third-order valence-corrected chi connectivity index (χ3v) is 15.0. The van der Waals surface area contributed by atoms with Gasteiger partial charge in [-0.3, -0.25) is 53.0 Å². The lowest BCUT2D eigenvalue weighted by Gasteiger charge is -2.31. The number of methoxy groups -OCH3 is 1. The van der Waals surface area contributed by atoms with Crippen LogP contribution in [0.3, 0.4) is 0 Å². The van der Waals surface area contributed by atoms with Crippen molar-refractivity contribution in [2.24, 2.45) is 0 Å². The highest BCUT2D eigenvalue weighted by atomic mass is 19.1. The Morgan fingerprint density at radius 2 is 1.27 bits per heavy atom.